The maximum absolute atomic E-state index is 5.07. The highest BCUT2D eigenvalue weighted by atomic mass is 28.3. The van der Waals surface area contributed by atoms with Crippen LogP contribution in [0.3, 0.4) is 0 Å². The largest absolute Gasteiger partial charge is 0.498 e. The second-order valence-electron chi connectivity index (χ2n) is 2.96. The Balaban J connectivity index is 4.33. The van der Waals surface area contributed by atoms with E-state index in [0.29, 0.717) is 0 Å². The predicted molar refractivity (Wildman–Crippen MR) is 43.0 cm³/mol. The van der Waals surface area contributed by atoms with E-state index in [1.807, 2.05) is 0 Å². The highest BCUT2D eigenvalue weighted by Gasteiger charge is 2.19. The number of rotatable bonds is 2. The lowest BCUT2D eigenvalue weighted by atomic mass is 10.9. The molecule has 0 aliphatic rings. The maximum atomic E-state index is 5.07. The van der Waals surface area contributed by atoms with Gasteiger partial charge in [0.25, 0.3) is 0 Å². The fourth-order valence-corrected chi connectivity index (χ4v) is 1.79. The summed E-state index contributed by atoms with van der Waals surface area (Å²) in [5.41, 5.74) is 2.80. The third-order valence-electron chi connectivity index (χ3n) is 1.05. The van der Waals surface area contributed by atoms with Crippen LogP contribution in [-0.2, 0) is 4.74 Å². The average molecular weight is 142 g/mol. The topological polar surface area (TPSA) is 9.23 Å². The van der Waals surface area contributed by atoms with Crippen molar-refractivity contribution in [1.29, 1.82) is 0 Å². The van der Waals surface area contributed by atoms with E-state index >= 15 is 0 Å². The summed E-state index contributed by atoms with van der Waals surface area (Å²) >= 11 is 0. The SMILES string of the molecule is C=C=C(OC)[Si](C)(C)C. The van der Waals surface area contributed by atoms with Gasteiger partial charge in [-0.1, -0.05) is 32.0 Å². The van der Waals surface area contributed by atoms with Crippen LogP contribution in [-0.4, -0.2) is 15.2 Å². The molecule has 0 radical (unpaired) electrons. The van der Waals surface area contributed by atoms with E-state index in [1.165, 1.54) is 0 Å². The van der Waals surface area contributed by atoms with Gasteiger partial charge in [0.2, 0.25) is 0 Å². The van der Waals surface area contributed by atoms with E-state index in [0.717, 1.165) is 5.38 Å². The van der Waals surface area contributed by atoms with Gasteiger partial charge in [0.15, 0.2) is 0 Å². The highest BCUT2D eigenvalue weighted by Crippen LogP contribution is 2.12. The molecule has 0 rings (SSSR count). The summed E-state index contributed by atoms with van der Waals surface area (Å²) in [6.45, 7) is 10.1. The first-order valence-corrected chi connectivity index (χ1v) is 6.47. The normalized spacial score (nSPS) is 10.2. The lowest BCUT2D eigenvalue weighted by Crippen LogP contribution is -2.24. The molecule has 52 valence electrons. The van der Waals surface area contributed by atoms with Gasteiger partial charge in [0, 0.05) is 0 Å². The molecule has 0 aromatic carbocycles. The van der Waals surface area contributed by atoms with Crippen LogP contribution in [0.25, 0.3) is 0 Å². The average Bonchev–Trinajstić information content (AvgIpc) is 1.65. The quantitative estimate of drug-likeness (QED) is 0.326. The van der Waals surface area contributed by atoms with Crippen LogP contribution in [0, 0.1) is 0 Å². The zero-order valence-corrected chi connectivity index (χ0v) is 7.62. The second kappa shape index (κ2) is 2.90. The van der Waals surface area contributed by atoms with E-state index in [2.05, 4.69) is 32.0 Å². The molecule has 0 aromatic rings. The molecule has 0 aromatic heterocycles. The highest BCUT2D eigenvalue weighted by molar-refractivity contribution is 6.82. The molecule has 1 nitrogen and oxygen atoms in total. The molecule has 0 saturated carbocycles. The van der Waals surface area contributed by atoms with Crippen molar-refractivity contribution in [3.63, 3.8) is 0 Å². The summed E-state index contributed by atoms with van der Waals surface area (Å²) in [5.74, 6) is 0. The molecular formula is C7H14OSi. The number of ether oxygens (including phenoxy) is 1. The zero-order chi connectivity index (χ0) is 7.49. The van der Waals surface area contributed by atoms with Gasteiger partial charge in [-0.2, -0.15) is 0 Å². The molecule has 0 fully saturated rings. The summed E-state index contributed by atoms with van der Waals surface area (Å²) in [6, 6.07) is 0. The molecule has 0 spiro atoms. The third-order valence-corrected chi connectivity index (χ3v) is 2.79. The fraction of sp³-hybridized carbons (Fsp3) is 0.571. The standard InChI is InChI=1S/C7H14OSi/c1-6-7(8-2)9(3,4)5/h1H2,2-5H3. The van der Waals surface area contributed by atoms with Crippen LogP contribution in [0.2, 0.25) is 19.6 Å². The summed E-state index contributed by atoms with van der Waals surface area (Å²) in [6.07, 6.45) is 0. The maximum Gasteiger partial charge on any atom is 0.132 e. The fourth-order valence-electron chi connectivity index (χ4n) is 0.644. The van der Waals surface area contributed by atoms with E-state index < -0.39 is 8.07 Å². The third kappa shape index (κ3) is 2.54. The Morgan fingerprint density at radius 1 is 1.44 bits per heavy atom. The molecule has 2 heteroatoms. The van der Waals surface area contributed by atoms with Crippen LogP contribution in [0.1, 0.15) is 0 Å². The molecule has 9 heavy (non-hydrogen) atoms. The summed E-state index contributed by atoms with van der Waals surface area (Å²) < 4.78 is 5.07. The molecule has 0 bridgehead atoms. The minimum atomic E-state index is -1.27. The van der Waals surface area contributed by atoms with Crippen molar-refractivity contribution in [1.82, 2.24) is 0 Å². The van der Waals surface area contributed by atoms with Crippen molar-refractivity contribution in [2.24, 2.45) is 0 Å². The van der Waals surface area contributed by atoms with Crippen molar-refractivity contribution >= 4 is 8.07 Å². The van der Waals surface area contributed by atoms with Crippen LogP contribution < -0.4 is 0 Å². The van der Waals surface area contributed by atoms with Crippen LogP contribution in [0.4, 0.5) is 0 Å². The van der Waals surface area contributed by atoms with Crippen molar-refractivity contribution in [3.05, 3.63) is 17.7 Å². The van der Waals surface area contributed by atoms with Crippen molar-refractivity contribution in [2.45, 2.75) is 19.6 Å². The monoisotopic (exact) mass is 142 g/mol. The Bertz CT molecular complexity index is 137. The summed E-state index contributed by atoms with van der Waals surface area (Å²) in [5, 5.41) is 0.947. The first-order valence-electron chi connectivity index (χ1n) is 2.97. The van der Waals surface area contributed by atoms with Gasteiger partial charge < -0.3 is 4.74 Å². The van der Waals surface area contributed by atoms with Crippen LogP contribution in [0.15, 0.2) is 17.7 Å². The molecule has 0 unspecified atom stereocenters. The number of hydrogen-bond donors (Lipinski definition) is 0. The van der Waals surface area contributed by atoms with Gasteiger partial charge in [0.1, 0.15) is 13.5 Å². The van der Waals surface area contributed by atoms with E-state index in [4.69, 9.17) is 4.74 Å². The minimum absolute atomic E-state index is 0.947. The number of hydrogen-bond acceptors (Lipinski definition) is 1. The van der Waals surface area contributed by atoms with Crippen molar-refractivity contribution in [2.75, 3.05) is 7.11 Å². The Labute approximate surface area is 58.0 Å². The minimum Gasteiger partial charge on any atom is -0.498 e. The Morgan fingerprint density at radius 2 is 1.89 bits per heavy atom. The smallest absolute Gasteiger partial charge is 0.132 e. The molecule has 0 heterocycles. The van der Waals surface area contributed by atoms with E-state index in [9.17, 15) is 0 Å². The lowest BCUT2D eigenvalue weighted by molar-refractivity contribution is 0.317. The molecule has 0 saturated heterocycles. The molecule has 0 N–H and O–H groups in total. The molecule has 0 amide bonds. The molecule has 0 aliphatic carbocycles. The number of methoxy groups -OCH3 is 1. The Morgan fingerprint density at radius 3 is 1.89 bits per heavy atom. The lowest BCUT2D eigenvalue weighted by Gasteiger charge is -2.15. The molecule has 0 atom stereocenters. The van der Waals surface area contributed by atoms with Crippen molar-refractivity contribution in [3.8, 4) is 0 Å². The Kier molecular flexibility index (Phi) is 2.75. The van der Waals surface area contributed by atoms with Crippen molar-refractivity contribution < 1.29 is 4.74 Å². The second-order valence-corrected chi connectivity index (χ2v) is 7.91. The molecule has 0 aliphatic heterocycles. The molecular weight excluding hydrogens is 128 g/mol. The predicted octanol–water partition coefficient (Wildman–Crippen LogP) is 2.18. The van der Waals surface area contributed by atoms with Gasteiger partial charge in [-0.05, 0) is 0 Å². The van der Waals surface area contributed by atoms with Gasteiger partial charge in [-0.25, -0.2) is 0 Å². The first-order chi connectivity index (χ1) is 4.02. The van der Waals surface area contributed by atoms with Gasteiger partial charge in [-0.3, -0.25) is 0 Å². The first kappa shape index (κ1) is 8.54. The summed E-state index contributed by atoms with van der Waals surface area (Å²) in [4.78, 5) is 0. The van der Waals surface area contributed by atoms with Gasteiger partial charge in [-0.15, -0.1) is 0 Å². The van der Waals surface area contributed by atoms with Gasteiger partial charge >= 0.3 is 0 Å². The summed E-state index contributed by atoms with van der Waals surface area (Å²) in [7, 11) is 0.407. The van der Waals surface area contributed by atoms with Crippen LogP contribution in [0.5, 0.6) is 0 Å². The van der Waals surface area contributed by atoms with E-state index in [1.54, 1.807) is 7.11 Å². The van der Waals surface area contributed by atoms with Gasteiger partial charge in [0.05, 0.1) is 7.11 Å². The van der Waals surface area contributed by atoms with E-state index in [-0.39, 0.29) is 0 Å². The Hall–Kier alpha value is -0.463. The zero-order valence-electron chi connectivity index (χ0n) is 6.62. The van der Waals surface area contributed by atoms with Crippen LogP contribution >= 0.6 is 0 Å².